The molecule has 1 amide bonds. The van der Waals surface area contributed by atoms with E-state index in [1.807, 2.05) is 6.07 Å². The smallest absolute Gasteiger partial charge is 0.228 e. The molecule has 0 bridgehead atoms. The van der Waals surface area contributed by atoms with Gasteiger partial charge in [0, 0.05) is 13.0 Å². The summed E-state index contributed by atoms with van der Waals surface area (Å²) in [5.41, 5.74) is 0.761. The van der Waals surface area contributed by atoms with Crippen molar-refractivity contribution in [2.24, 2.45) is 5.14 Å². The number of nitriles is 1. The summed E-state index contributed by atoms with van der Waals surface area (Å²) < 4.78 is 22.5. The molecule has 1 fully saturated rings. The highest BCUT2D eigenvalue weighted by atomic mass is 32.2. The van der Waals surface area contributed by atoms with Crippen molar-refractivity contribution in [1.82, 2.24) is 0 Å². The molecule has 2 N–H and O–H groups in total. The molecule has 0 aromatic heterocycles. The minimum Gasteiger partial charge on any atom is -0.310 e. The number of hydrogen-bond acceptors (Lipinski definition) is 4. The minimum atomic E-state index is -3.74. The fourth-order valence-corrected chi connectivity index (χ4v) is 2.66. The lowest BCUT2D eigenvalue weighted by Crippen LogP contribution is -2.32. The van der Waals surface area contributed by atoms with Crippen molar-refractivity contribution in [1.29, 1.82) is 5.26 Å². The van der Waals surface area contributed by atoms with Crippen LogP contribution < -0.4 is 10.0 Å². The van der Waals surface area contributed by atoms with Crippen molar-refractivity contribution in [2.45, 2.75) is 11.7 Å². The zero-order valence-electron chi connectivity index (χ0n) is 9.41. The largest absolute Gasteiger partial charge is 0.310 e. The van der Waals surface area contributed by atoms with E-state index in [1.165, 1.54) is 4.90 Å². The third kappa shape index (κ3) is 2.20. The van der Waals surface area contributed by atoms with Crippen LogP contribution in [-0.4, -0.2) is 26.1 Å². The van der Waals surface area contributed by atoms with Gasteiger partial charge in [-0.15, -0.1) is 0 Å². The van der Waals surface area contributed by atoms with E-state index in [0.29, 0.717) is 11.3 Å². The number of primary sulfonamides is 1. The van der Waals surface area contributed by atoms with E-state index in [9.17, 15) is 13.2 Å². The highest BCUT2D eigenvalue weighted by Gasteiger charge is 2.37. The Labute approximate surface area is 105 Å². The standard InChI is InChI=1S/C11H11N3O3S/c12-6-8-3-1-2-4-10(8)14-7-9(5-11(14)15)18(13,16)17/h1-4,9H,5,7H2,(H2,13,16,17). The van der Waals surface area contributed by atoms with Crippen LogP contribution in [0.2, 0.25) is 0 Å². The molecule has 1 heterocycles. The van der Waals surface area contributed by atoms with E-state index in [4.69, 9.17) is 10.4 Å². The molecule has 0 spiro atoms. The number of nitrogens with two attached hydrogens (primary N) is 1. The summed E-state index contributed by atoms with van der Waals surface area (Å²) in [5, 5.41) is 13.1. The molecule has 1 unspecified atom stereocenters. The van der Waals surface area contributed by atoms with Crippen LogP contribution in [0.4, 0.5) is 5.69 Å². The number of rotatable bonds is 2. The van der Waals surface area contributed by atoms with Gasteiger partial charge in [0.15, 0.2) is 0 Å². The molecular weight excluding hydrogens is 254 g/mol. The Hall–Kier alpha value is -1.91. The van der Waals surface area contributed by atoms with E-state index < -0.39 is 15.3 Å². The lowest BCUT2D eigenvalue weighted by molar-refractivity contribution is -0.117. The first kappa shape index (κ1) is 12.5. The molecule has 1 atom stereocenters. The van der Waals surface area contributed by atoms with Gasteiger partial charge in [0.05, 0.1) is 11.3 Å². The molecular formula is C11H11N3O3S. The SMILES string of the molecule is N#Cc1ccccc1N1CC(S(N)(=O)=O)CC1=O. The van der Waals surface area contributed by atoms with Crippen molar-refractivity contribution in [3.8, 4) is 6.07 Å². The number of benzene rings is 1. The van der Waals surface area contributed by atoms with Crippen LogP contribution in [0, 0.1) is 11.3 Å². The number of para-hydroxylation sites is 1. The van der Waals surface area contributed by atoms with Crippen molar-refractivity contribution < 1.29 is 13.2 Å². The van der Waals surface area contributed by atoms with Crippen LogP contribution in [0.25, 0.3) is 0 Å². The molecule has 6 nitrogen and oxygen atoms in total. The summed E-state index contributed by atoms with van der Waals surface area (Å²) in [5.74, 6) is -0.336. The fourth-order valence-electron chi connectivity index (χ4n) is 1.93. The Bertz CT molecular complexity index is 633. The second-order valence-electron chi connectivity index (χ2n) is 4.05. The highest BCUT2D eigenvalue weighted by molar-refractivity contribution is 7.89. The van der Waals surface area contributed by atoms with E-state index >= 15 is 0 Å². The van der Waals surface area contributed by atoms with Gasteiger partial charge < -0.3 is 4.90 Å². The third-order valence-corrected chi connectivity index (χ3v) is 4.11. The lowest BCUT2D eigenvalue weighted by Gasteiger charge is -2.17. The Balaban J connectivity index is 2.37. The molecule has 2 rings (SSSR count). The molecule has 1 aliphatic heterocycles. The monoisotopic (exact) mass is 265 g/mol. The summed E-state index contributed by atoms with van der Waals surface area (Å²) in [7, 11) is -3.74. The van der Waals surface area contributed by atoms with E-state index in [-0.39, 0.29) is 18.9 Å². The Morgan fingerprint density at radius 3 is 2.61 bits per heavy atom. The molecule has 0 radical (unpaired) electrons. The van der Waals surface area contributed by atoms with Crippen LogP contribution >= 0.6 is 0 Å². The van der Waals surface area contributed by atoms with Gasteiger partial charge in [0.25, 0.3) is 0 Å². The second-order valence-corrected chi connectivity index (χ2v) is 5.89. The van der Waals surface area contributed by atoms with Crippen molar-refractivity contribution in [3.63, 3.8) is 0 Å². The van der Waals surface area contributed by atoms with Gasteiger partial charge in [0.2, 0.25) is 15.9 Å². The van der Waals surface area contributed by atoms with Gasteiger partial charge in [-0.2, -0.15) is 5.26 Å². The number of anilines is 1. The number of hydrogen-bond donors (Lipinski definition) is 1. The quantitative estimate of drug-likeness (QED) is 0.809. The maximum Gasteiger partial charge on any atom is 0.228 e. The van der Waals surface area contributed by atoms with Gasteiger partial charge in [-0.3, -0.25) is 4.79 Å². The molecule has 0 aliphatic carbocycles. The predicted molar refractivity (Wildman–Crippen MR) is 65.0 cm³/mol. The van der Waals surface area contributed by atoms with E-state index in [2.05, 4.69) is 0 Å². The average Bonchev–Trinajstić information content (AvgIpc) is 2.71. The molecule has 1 aliphatic rings. The molecule has 1 aromatic rings. The number of amides is 1. The molecule has 1 aromatic carbocycles. The minimum absolute atomic E-state index is 0.00361. The first-order valence-corrected chi connectivity index (χ1v) is 6.85. The van der Waals surface area contributed by atoms with Crippen LogP contribution in [0.1, 0.15) is 12.0 Å². The van der Waals surface area contributed by atoms with Crippen LogP contribution in [-0.2, 0) is 14.8 Å². The molecule has 18 heavy (non-hydrogen) atoms. The first-order chi connectivity index (χ1) is 8.43. The summed E-state index contributed by atoms with van der Waals surface area (Å²) in [6.45, 7) is -0.00361. The Kier molecular flexibility index (Phi) is 3.07. The summed E-state index contributed by atoms with van der Waals surface area (Å²) in [6, 6.07) is 8.53. The van der Waals surface area contributed by atoms with Gasteiger partial charge in [0.1, 0.15) is 11.3 Å². The van der Waals surface area contributed by atoms with Crippen molar-refractivity contribution in [2.75, 3.05) is 11.4 Å². The summed E-state index contributed by atoms with van der Waals surface area (Å²) in [6.07, 6.45) is -0.140. The van der Waals surface area contributed by atoms with E-state index in [1.54, 1.807) is 24.3 Å². The highest BCUT2D eigenvalue weighted by Crippen LogP contribution is 2.26. The number of sulfonamides is 1. The fraction of sp³-hybridized carbons (Fsp3) is 0.273. The average molecular weight is 265 g/mol. The lowest BCUT2D eigenvalue weighted by atomic mass is 10.2. The van der Waals surface area contributed by atoms with Crippen LogP contribution in [0.15, 0.2) is 24.3 Å². The van der Waals surface area contributed by atoms with E-state index in [0.717, 1.165) is 0 Å². The number of carbonyl (C=O) groups excluding carboxylic acids is 1. The Morgan fingerprint density at radius 1 is 1.39 bits per heavy atom. The maximum atomic E-state index is 11.8. The Morgan fingerprint density at radius 2 is 2.06 bits per heavy atom. The van der Waals surface area contributed by atoms with Crippen molar-refractivity contribution >= 4 is 21.6 Å². The zero-order chi connectivity index (χ0) is 13.3. The van der Waals surface area contributed by atoms with Gasteiger partial charge in [-0.05, 0) is 12.1 Å². The zero-order valence-corrected chi connectivity index (χ0v) is 10.2. The molecule has 7 heteroatoms. The van der Waals surface area contributed by atoms with Gasteiger partial charge in [-0.25, -0.2) is 13.6 Å². The van der Waals surface area contributed by atoms with Crippen LogP contribution in [0.3, 0.4) is 0 Å². The second kappa shape index (κ2) is 4.40. The van der Waals surface area contributed by atoms with Crippen LogP contribution in [0.5, 0.6) is 0 Å². The maximum absolute atomic E-state index is 11.8. The first-order valence-electron chi connectivity index (χ1n) is 5.24. The number of nitrogens with zero attached hydrogens (tertiary/aromatic N) is 2. The number of carbonyl (C=O) groups is 1. The normalized spacial score (nSPS) is 19.9. The molecule has 0 saturated carbocycles. The molecule has 1 saturated heterocycles. The van der Waals surface area contributed by atoms with Crippen molar-refractivity contribution in [3.05, 3.63) is 29.8 Å². The topological polar surface area (TPSA) is 104 Å². The van der Waals surface area contributed by atoms with Gasteiger partial charge in [-0.1, -0.05) is 12.1 Å². The third-order valence-electron chi connectivity index (χ3n) is 2.87. The summed E-state index contributed by atoms with van der Waals surface area (Å²) >= 11 is 0. The molecule has 94 valence electrons. The predicted octanol–water partition coefficient (Wildman–Crippen LogP) is -0.0479. The summed E-state index contributed by atoms with van der Waals surface area (Å²) in [4.78, 5) is 13.1. The van der Waals surface area contributed by atoms with Gasteiger partial charge >= 0.3 is 0 Å².